The maximum absolute atomic E-state index is 11.4. The lowest BCUT2D eigenvalue weighted by Crippen LogP contribution is -1.74. The van der Waals surface area contributed by atoms with Crippen molar-refractivity contribution in [3.8, 4) is 0 Å². The Morgan fingerprint density at radius 3 is 2.64 bits per heavy atom. The molecule has 0 saturated carbocycles. The molecule has 1 nitrogen and oxygen atoms in total. The third-order valence-corrected chi connectivity index (χ3v) is 1.22. The summed E-state index contributed by atoms with van der Waals surface area (Å²) in [6, 6.07) is 9.58. The highest BCUT2D eigenvalue weighted by Gasteiger charge is 1.80. The second-order valence-electron chi connectivity index (χ2n) is 1.99. The molecule has 0 fully saturated rings. The van der Waals surface area contributed by atoms with E-state index in [0.717, 1.165) is 5.56 Å². The maximum atomic E-state index is 11.4. The Hall–Kier alpha value is -1.31. The maximum Gasteiger partial charge on any atom is 0.227 e. The molecule has 0 amide bonds. The summed E-state index contributed by atoms with van der Waals surface area (Å²) in [6.07, 6.45) is 3.05. The first-order valence-electron chi connectivity index (χ1n) is 3.32. The van der Waals surface area contributed by atoms with Crippen LogP contribution in [0.3, 0.4) is 0 Å². The molecule has 11 heavy (non-hydrogen) atoms. The van der Waals surface area contributed by atoms with Gasteiger partial charge >= 0.3 is 0 Å². The molecule has 1 rings (SSSR count). The zero-order chi connectivity index (χ0) is 7.94. The molecule has 0 aliphatic rings. The lowest BCUT2D eigenvalue weighted by atomic mass is 10.2. The van der Waals surface area contributed by atoms with E-state index in [1.54, 1.807) is 6.08 Å². The normalized spacial score (nSPS) is 10.3. The van der Waals surface area contributed by atoms with Crippen LogP contribution in [-0.2, 0) is 4.74 Å². The average Bonchev–Trinajstić information content (AvgIpc) is 2.07. The molecule has 0 atom stereocenters. The highest BCUT2D eigenvalue weighted by molar-refractivity contribution is 5.47. The first-order valence-corrected chi connectivity index (χ1v) is 3.32. The van der Waals surface area contributed by atoms with E-state index in [1.165, 1.54) is 6.26 Å². The standard InChI is InChI=1S/C9H9FO/c10-8-11-7-6-9-4-2-1-3-5-9/h1-7H,8H2. The van der Waals surface area contributed by atoms with Crippen LogP contribution >= 0.6 is 0 Å². The fraction of sp³-hybridized carbons (Fsp3) is 0.111. The Morgan fingerprint density at radius 2 is 2.00 bits per heavy atom. The number of alkyl halides is 1. The zero-order valence-electron chi connectivity index (χ0n) is 6.03. The quantitative estimate of drug-likeness (QED) is 0.605. The highest BCUT2D eigenvalue weighted by Crippen LogP contribution is 2.00. The lowest BCUT2D eigenvalue weighted by molar-refractivity contribution is 0.143. The van der Waals surface area contributed by atoms with Crippen molar-refractivity contribution < 1.29 is 9.13 Å². The molecule has 0 heterocycles. The summed E-state index contributed by atoms with van der Waals surface area (Å²) in [5.41, 5.74) is 1.00. The molecule has 0 unspecified atom stereocenters. The van der Waals surface area contributed by atoms with E-state index in [4.69, 9.17) is 0 Å². The Kier molecular flexibility index (Phi) is 3.19. The summed E-state index contributed by atoms with van der Waals surface area (Å²) in [5.74, 6) is 0. The van der Waals surface area contributed by atoms with Crippen molar-refractivity contribution in [2.45, 2.75) is 0 Å². The Balaban J connectivity index is 2.50. The molecule has 0 N–H and O–H groups in total. The van der Waals surface area contributed by atoms with Crippen LogP contribution in [0.4, 0.5) is 4.39 Å². The van der Waals surface area contributed by atoms with Gasteiger partial charge in [-0.05, 0) is 11.6 Å². The third-order valence-electron chi connectivity index (χ3n) is 1.22. The number of ether oxygens (including phenoxy) is 1. The van der Waals surface area contributed by atoms with Gasteiger partial charge in [0.1, 0.15) is 0 Å². The summed E-state index contributed by atoms with van der Waals surface area (Å²) in [6.45, 7) is -0.774. The van der Waals surface area contributed by atoms with E-state index >= 15 is 0 Å². The van der Waals surface area contributed by atoms with E-state index in [9.17, 15) is 4.39 Å². The molecule has 0 saturated heterocycles. The van der Waals surface area contributed by atoms with E-state index in [0.29, 0.717) is 0 Å². The van der Waals surface area contributed by atoms with Gasteiger partial charge in [0.25, 0.3) is 0 Å². The van der Waals surface area contributed by atoms with Gasteiger partial charge in [0, 0.05) is 0 Å². The van der Waals surface area contributed by atoms with Crippen LogP contribution in [0, 0.1) is 0 Å². The number of benzene rings is 1. The number of halogens is 1. The minimum atomic E-state index is -0.774. The minimum Gasteiger partial charge on any atom is -0.471 e. The first-order chi connectivity index (χ1) is 5.43. The summed E-state index contributed by atoms with van der Waals surface area (Å²) < 4.78 is 15.8. The Bertz CT molecular complexity index is 218. The molecular formula is C9H9FO. The number of rotatable bonds is 3. The van der Waals surface area contributed by atoms with Crippen LogP contribution in [0.25, 0.3) is 6.08 Å². The molecule has 1 aromatic carbocycles. The molecule has 0 aliphatic carbocycles. The molecule has 0 radical (unpaired) electrons. The van der Waals surface area contributed by atoms with Gasteiger partial charge in [-0.3, -0.25) is 0 Å². The predicted molar refractivity (Wildman–Crippen MR) is 42.5 cm³/mol. The molecule has 1 aromatic rings. The molecule has 58 valence electrons. The van der Waals surface area contributed by atoms with Crippen LogP contribution < -0.4 is 0 Å². The van der Waals surface area contributed by atoms with Crippen molar-refractivity contribution in [3.05, 3.63) is 42.2 Å². The van der Waals surface area contributed by atoms with Gasteiger partial charge in [0.05, 0.1) is 6.26 Å². The fourth-order valence-corrected chi connectivity index (χ4v) is 0.727. The third kappa shape index (κ3) is 2.85. The summed E-state index contributed by atoms with van der Waals surface area (Å²) in [4.78, 5) is 0. The van der Waals surface area contributed by atoms with Crippen molar-refractivity contribution in [3.63, 3.8) is 0 Å². The van der Waals surface area contributed by atoms with Crippen molar-refractivity contribution in [1.29, 1.82) is 0 Å². The number of hydrogen-bond acceptors (Lipinski definition) is 1. The van der Waals surface area contributed by atoms with Crippen LogP contribution in [0.2, 0.25) is 0 Å². The molecule has 2 heteroatoms. The van der Waals surface area contributed by atoms with Gasteiger partial charge in [-0.15, -0.1) is 0 Å². The predicted octanol–water partition coefficient (Wildman–Crippen LogP) is 2.60. The second kappa shape index (κ2) is 4.50. The van der Waals surface area contributed by atoms with E-state index in [1.807, 2.05) is 30.3 Å². The first kappa shape index (κ1) is 7.79. The Labute approximate surface area is 65.1 Å². The zero-order valence-corrected chi connectivity index (χ0v) is 6.03. The van der Waals surface area contributed by atoms with Gasteiger partial charge in [-0.1, -0.05) is 30.3 Å². The van der Waals surface area contributed by atoms with Gasteiger partial charge < -0.3 is 4.74 Å². The summed E-state index contributed by atoms with van der Waals surface area (Å²) >= 11 is 0. The summed E-state index contributed by atoms with van der Waals surface area (Å²) in [7, 11) is 0. The van der Waals surface area contributed by atoms with E-state index < -0.39 is 6.86 Å². The monoisotopic (exact) mass is 152 g/mol. The van der Waals surface area contributed by atoms with Crippen LogP contribution in [0.1, 0.15) is 5.56 Å². The van der Waals surface area contributed by atoms with Crippen molar-refractivity contribution in [2.75, 3.05) is 6.86 Å². The molecule has 0 spiro atoms. The van der Waals surface area contributed by atoms with Crippen molar-refractivity contribution >= 4 is 6.08 Å². The second-order valence-corrected chi connectivity index (χ2v) is 1.99. The SMILES string of the molecule is FCOC=Cc1ccccc1. The summed E-state index contributed by atoms with van der Waals surface area (Å²) in [5, 5.41) is 0. The van der Waals surface area contributed by atoms with E-state index in [-0.39, 0.29) is 0 Å². The average molecular weight is 152 g/mol. The van der Waals surface area contributed by atoms with Crippen LogP contribution in [-0.4, -0.2) is 6.86 Å². The van der Waals surface area contributed by atoms with Crippen molar-refractivity contribution in [1.82, 2.24) is 0 Å². The molecule has 0 aromatic heterocycles. The minimum absolute atomic E-state index is 0.774. The molecule has 0 aliphatic heterocycles. The largest absolute Gasteiger partial charge is 0.471 e. The molecular weight excluding hydrogens is 143 g/mol. The van der Waals surface area contributed by atoms with Gasteiger partial charge in [-0.25, -0.2) is 4.39 Å². The lowest BCUT2D eigenvalue weighted by Gasteiger charge is -1.91. The topological polar surface area (TPSA) is 9.23 Å². The number of hydrogen-bond donors (Lipinski definition) is 0. The smallest absolute Gasteiger partial charge is 0.227 e. The Morgan fingerprint density at radius 1 is 1.27 bits per heavy atom. The van der Waals surface area contributed by atoms with Gasteiger partial charge in [0.2, 0.25) is 6.86 Å². The van der Waals surface area contributed by atoms with Gasteiger partial charge in [0.15, 0.2) is 0 Å². The highest BCUT2D eigenvalue weighted by atomic mass is 19.1. The van der Waals surface area contributed by atoms with Crippen LogP contribution in [0.15, 0.2) is 36.6 Å². The molecule has 0 bridgehead atoms. The van der Waals surface area contributed by atoms with E-state index in [2.05, 4.69) is 4.74 Å². The van der Waals surface area contributed by atoms with Crippen molar-refractivity contribution in [2.24, 2.45) is 0 Å². The van der Waals surface area contributed by atoms with Crippen LogP contribution in [0.5, 0.6) is 0 Å². The fourth-order valence-electron chi connectivity index (χ4n) is 0.727. The van der Waals surface area contributed by atoms with Gasteiger partial charge in [-0.2, -0.15) is 0 Å².